The van der Waals surface area contributed by atoms with E-state index in [1.54, 1.807) is 41.6 Å². The number of hydrogen-bond acceptors (Lipinski definition) is 9. The first-order chi connectivity index (χ1) is 21.4. The second-order valence-electron chi connectivity index (χ2n) is 14.1. The molecule has 0 saturated carbocycles. The molecule has 10 nitrogen and oxygen atoms in total. The number of fused-ring (bicyclic) bond motifs is 3. The average Bonchev–Trinajstić information content (AvgIpc) is 2.96. The number of pyridine rings is 2. The highest BCUT2D eigenvalue weighted by Crippen LogP contribution is 2.35. The van der Waals surface area contributed by atoms with Crippen molar-refractivity contribution in [2.45, 2.75) is 78.9 Å². The van der Waals surface area contributed by atoms with Crippen molar-refractivity contribution in [1.82, 2.24) is 29.3 Å². The third-order valence-corrected chi connectivity index (χ3v) is 7.31. The SMILES string of the molecule is C=C1c2ccc(N)nc2N=CN1C(C)(C)C.C=C1c2ccccc2N=CN1C(C)(C)C.CC(C)(C)n1cnc2ncccc2c1=O. The van der Waals surface area contributed by atoms with E-state index in [9.17, 15) is 4.79 Å². The average molecular weight is 620 g/mol. The highest BCUT2D eigenvalue weighted by molar-refractivity contribution is 5.87. The van der Waals surface area contributed by atoms with Gasteiger partial charge in [-0.05, 0) is 92.6 Å². The molecule has 46 heavy (non-hydrogen) atoms. The van der Waals surface area contributed by atoms with Gasteiger partial charge in [0.15, 0.2) is 11.5 Å². The summed E-state index contributed by atoms with van der Waals surface area (Å²) < 4.78 is 1.62. The molecule has 0 aliphatic carbocycles. The number of nitrogens with two attached hydrogens (primary N) is 1. The molecule has 5 heterocycles. The summed E-state index contributed by atoms with van der Waals surface area (Å²) >= 11 is 0. The van der Waals surface area contributed by atoms with Gasteiger partial charge in [0, 0.05) is 45.3 Å². The van der Waals surface area contributed by atoms with Crippen molar-refractivity contribution in [1.29, 1.82) is 0 Å². The first-order valence-corrected chi connectivity index (χ1v) is 15.1. The minimum absolute atomic E-state index is 0.0219. The van der Waals surface area contributed by atoms with Crippen LogP contribution in [0.4, 0.5) is 17.3 Å². The summed E-state index contributed by atoms with van der Waals surface area (Å²) in [7, 11) is 0. The van der Waals surface area contributed by atoms with Crippen molar-refractivity contribution in [3.8, 4) is 0 Å². The summed E-state index contributed by atoms with van der Waals surface area (Å²) in [5.41, 5.74) is 10.8. The fourth-order valence-electron chi connectivity index (χ4n) is 4.84. The van der Waals surface area contributed by atoms with Crippen molar-refractivity contribution in [3.63, 3.8) is 0 Å². The van der Waals surface area contributed by atoms with Crippen LogP contribution in [-0.2, 0) is 5.54 Å². The molecule has 2 aliphatic heterocycles. The number of hydrogen-bond donors (Lipinski definition) is 1. The fraction of sp³-hybridized carbons (Fsp3) is 0.333. The maximum atomic E-state index is 12.1. The number of rotatable bonds is 0. The Morgan fingerprint density at radius 1 is 0.696 bits per heavy atom. The van der Waals surface area contributed by atoms with Crippen LogP contribution in [0.3, 0.4) is 0 Å². The summed E-state index contributed by atoms with van der Waals surface area (Å²) in [6, 6.07) is 15.3. The molecule has 1 aromatic carbocycles. The zero-order valence-electron chi connectivity index (χ0n) is 28.4. The van der Waals surface area contributed by atoms with E-state index in [1.165, 1.54) is 0 Å². The summed E-state index contributed by atoms with van der Waals surface area (Å²) in [5.74, 6) is 1.12. The Labute approximate surface area is 271 Å². The molecular formula is C36H45N9O. The van der Waals surface area contributed by atoms with E-state index in [2.05, 4.69) is 90.6 Å². The van der Waals surface area contributed by atoms with Crippen molar-refractivity contribution >= 4 is 52.4 Å². The van der Waals surface area contributed by atoms with Gasteiger partial charge in [-0.3, -0.25) is 9.36 Å². The Morgan fingerprint density at radius 3 is 1.93 bits per heavy atom. The van der Waals surface area contributed by atoms with Gasteiger partial charge < -0.3 is 15.5 Å². The molecule has 0 amide bonds. The van der Waals surface area contributed by atoms with Crippen molar-refractivity contribution in [2.75, 3.05) is 5.73 Å². The van der Waals surface area contributed by atoms with Gasteiger partial charge in [0.1, 0.15) is 12.1 Å². The van der Waals surface area contributed by atoms with Crippen LogP contribution in [0.5, 0.6) is 0 Å². The predicted octanol–water partition coefficient (Wildman–Crippen LogP) is 7.39. The number of para-hydroxylation sites is 1. The molecule has 0 fully saturated rings. The van der Waals surface area contributed by atoms with Gasteiger partial charge in [0.2, 0.25) is 0 Å². The number of aromatic nitrogens is 4. The first kappa shape index (κ1) is 33.8. The Kier molecular flexibility index (Phi) is 9.33. The lowest BCUT2D eigenvalue weighted by Gasteiger charge is -2.37. The number of nitrogen functional groups attached to an aromatic ring is 1. The zero-order chi connectivity index (χ0) is 34.0. The molecule has 0 radical (unpaired) electrons. The molecule has 2 aliphatic rings. The molecule has 0 unspecified atom stereocenters. The third kappa shape index (κ3) is 7.39. The minimum Gasteiger partial charge on any atom is -0.384 e. The molecule has 4 aromatic rings. The normalized spacial score (nSPS) is 14.2. The predicted molar refractivity (Wildman–Crippen MR) is 191 cm³/mol. The topological polar surface area (TPSA) is 118 Å². The number of nitrogens with zero attached hydrogens (tertiary/aromatic N) is 8. The number of anilines is 1. The van der Waals surface area contributed by atoms with Crippen LogP contribution >= 0.6 is 0 Å². The van der Waals surface area contributed by atoms with Crippen LogP contribution in [0.1, 0.15) is 73.4 Å². The third-order valence-electron chi connectivity index (χ3n) is 7.31. The van der Waals surface area contributed by atoms with Gasteiger partial charge >= 0.3 is 0 Å². The van der Waals surface area contributed by atoms with Crippen molar-refractivity contribution < 1.29 is 0 Å². The Bertz CT molecular complexity index is 1880. The van der Waals surface area contributed by atoms with Crippen LogP contribution in [-0.4, -0.2) is 53.1 Å². The highest BCUT2D eigenvalue weighted by Gasteiger charge is 2.27. The molecule has 0 bridgehead atoms. The van der Waals surface area contributed by atoms with Crippen LogP contribution in [0.25, 0.3) is 22.4 Å². The van der Waals surface area contributed by atoms with E-state index in [0.29, 0.717) is 22.7 Å². The fourth-order valence-corrected chi connectivity index (χ4v) is 4.84. The van der Waals surface area contributed by atoms with E-state index in [4.69, 9.17) is 5.73 Å². The minimum atomic E-state index is -0.256. The lowest BCUT2D eigenvalue weighted by atomic mass is 10.0. The van der Waals surface area contributed by atoms with E-state index in [1.807, 2.05) is 56.3 Å². The maximum Gasteiger partial charge on any atom is 0.263 e. The standard InChI is InChI=1S/C13H16N2.C12H16N4.C11H13N3O/c1-10-11-7-5-6-8-12(11)14-9-15(10)13(2,3)4;1-8-9-5-6-10(13)15-11(9)14-7-16(8)12(2,3)4;1-11(2,3)14-7-13-9-8(10(14)15)5-4-6-12-9/h5-9H,1H2,2-4H3;5-7H,1H2,2-4H3,(H2,13,15);4-7H,1-3H3. The van der Waals surface area contributed by atoms with E-state index < -0.39 is 0 Å². The molecule has 6 rings (SSSR count). The number of aliphatic imine (C=N–C) groups is 2. The molecular weight excluding hydrogens is 574 g/mol. The maximum absolute atomic E-state index is 12.1. The Balaban J connectivity index is 0.000000157. The smallest absolute Gasteiger partial charge is 0.263 e. The van der Waals surface area contributed by atoms with Crippen molar-refractivity contribution in [2.24, 2.45) is 9.98 Å². The largest absolute Gasteiger partial charge is 0.384 e. The summed E-state index contributed by atoms with van der Waals surface area (Å²) in [4.78, 5) is 37.3. The Morgan fingerprint density at radius 2 is 1.30 bits per heavy atom. The highest BCUT2D eigenvalue weighted by atomic mass is 16.1. The molecule has 0 atom stereocenters. The molecule has 240 valence electrons. The van der Waals surface area contributed by atoms with Gasteiger partial charge in [-0.2, -0.15) is 0 Å². The lowest BCUT2D eigenvalue weighted by molar-refractivity contribution is 0.334. The zero-order valence-corrected chi connectivity index (χ0v) is 28.4. The molecule has 2 N–H and O–H groups in total. The van der Waals surface area contributed by atoms with E-state index >= 15 is 0 Å². The van der Waals surface area contributed by atoms with Crippen LogP contribution in [0, 0.1) is 0 Å². The number of benzene rings is 1. The molecule has 3 aromatic heterocycles. The van der Waals surface area contributed by atoms with Gasteiger partial charge in [-0.15, -0.1) is 0 Å². The summed E-state index contributed by atoms with van der Waals surface area (Å²) in [6.45, 7) is 26.9. The summed E-state index contributed by atoms with van der Waals surface area (Å²) in [6.07, 6.45) is 6.82. The molecule has 0 saturated heterocycles. The van der Waals surface area contributed by atoms with Gasteiger partial charge in [0.25, 0.3) is 5.56 Å². The van der Waals surface area contributed by atoms with Crippen LogP contribution in [0.15, 0.2) is 89.0 Å². The van der Waals surface area contributed by atoms with Gasteiger partial charge in [0.05, 0.1) is 23.8 Å². The quantitative estimate of drug-likeness (QED) is 0.218. The van der Waals surface area contributed by atoms with Crippen LogP contribution in [0.2, 0.25) is 0 Å². The molecule has 10 heteroatoms. The van der Waals surface area contributed by atoms with E-state index in [0.717, 1.165) is 28.2 Å². The van der Waals surface area contributed by atoms with Gasteiger partial charge in [-0.25, -0.2) is 24.9 Å². The van der Waals surface area contributed by atoms with Gasteiger partial charge in [-0.1, -0.05) is 31.4 Å². The molecule has 0 spiro atoms. The second kappa shape index (κ2) is 12.7. The van der Waals surface area contributed by atoms with Crippen LogP contribution < -0.4 is 11.3 Å². The van der Waals surface area contributed by atoms with Crippen molar-refractivity contribution in [3.05, 3.63) is 95.7 Å². The second-order valence-corrected chi connectivity index (χ2v) is 14.1. The first-order valence-electron chi connectivity index (χ1n) is 15.1. The Hall–Kier alpha value is -5.12. The monoisotopic (exact) mass is 619 g/mol. The van der Waals surface area contributed by atoms with E-state index in [-0.39, 0.29) is 22.2 Å². The lowest BCUT2D eigenvalue weighted by Crippen LogP contribution is -2.39. The summed E-state index contributed by atoms with van der Waals surface area (Å²) in [5, 5.41) is 0.565.